The van der Waals surface area contributed by atoms with E-state index in [-0.39, 0.29) is 0 Å². The second-order valence-corrected chi connectivity index (χ2v) is 11.3. The van der Waals surface area contributed by atoms with E-state index in [0.717, 1.165) is 45.3 Å². The molecule has 9 aromatic rings. The summed E-state index contributed by atoms with van der Waals surface area (Å²) in [6.45, 7) is 0. The fourth-order valence-electron chi connectivity index (χ4n) is 6.67. The molecule has 9 rings (SSSR count). The minimum absolute atomic E-state index is 0.814. The summed E-state index contributed by atoms with van der Waals surface area (Å²) in [5.74, 6) is 1.63. The van der Waals surface area contributed by atoms with E-state index >= 15 is 0 Å². The zero-order chi connectivity index (χ0) is 29.7. The molecule has 0 saturated heterocycles. The van der Waals surface area contributed by atoms with Gasteiger partial charge < -0.3 is 0 Å². The van der Waals surface area contributed by atoms with Crippen LogP contribution in [0.4, 0.5) is 0 Å². The van der Waals surface area contributed by atoms with Gasteiger partial charge in [-0.05, 0) is 67.7 Å². The van der Waals surface area contributed by atoms with Crippen LogP contribution in [0.5, 0.6) is 0 Å². The molecule has 0 unspecified atom stereocenters. The second-order valence-electron chi connectivity index (χ2n) is 11.3. The maximum atomic E-state index is 4.67. The molecule has 0 aliphatic heterocycles. The van der Waals surface area contributed by atoms with Crippen LogP contribution in [-0.4, -0.2) is 19.7 Å². The minimum Gasteiger partial charge on any atom is -0.275 e. The molecule has 7 aromatic carbocycles. The van der Waals surface area contributed by atoms with Crippen molar-refractivity contribution in [1.82, 2.24) is 19.7 Å². The number of pyridine rings is 1. The van der Waals surface area contributed by atoms with E-state index in [1.54, 1.807) is 0 Å². The number of benzene rings is 7. The summed E-state index contributed by atoms with van der Waals surface area (Å²) in [6.07, 6.45) is 1.86. The Kier molecular flexibility index (Phi) is 5.78. The fraction of sp³-hybridized carbons (Fsp3) is 0. The molecule has 45 heavy (non-hydrogen) atoms. The highest BCUT2D eigenvalue weighted by Gasteiger charge is 2.18. The van der Waals surface area contributed by atoms with Gasteiger partial charge in [-0.15, -0.1) is 10.2 Å². The van der Waals surface area contributed by atoms with E-state index in [1.807, 2.05) is 54.7 Å². The lowest BCUT2D eigenvalue weighted by molar-refractivity contribution is 1.07. The van der Waals surface area contributed by atoms with E-state index in [1.165, 1.54) is 37.9 Å². The van der Waals surface area contributed by atoms with Gasteiger partial charge in [0.05, 0.1) is 5.69 Å². The first-order valence-corrected chi connectivity index (χ1v) is 15.1. The van der Waals surface area contributed by atoms with E-state index in [2.05, 4.69) is 123 Å². The minimum atomic E-state index is 0.814. The van der Waals surface area contributed by atoms with Gasteiger partial charge >= 0.3 is 0 Å². The van der Waals surface area contributed by atoms with Crippen molar-refractivity contribution < 1.29 is 0 Å². The van der Waals surface area contributed by atoms with E-state index < -0.39 is 0 Å². The smallest absolute Gasteiger partial charge is 0.168 e. The SMILES string of the molecule is c1ccc(-c2nnc(-c3ccccc3)n2-c2ccc(-c3ccc4ccc5c(-c6ccccn6)ccc6ccc3c4c65)cc2)cc1. The van der Waals surface area contributed by atoms with Crippen LogP contribution in [0.2, 0.25) is 0 Å². The standard InChI is InChI=1S/C41H26N4/c1-3-9-30(10-4-1)40-43-44-41(31-11-5-2-6-12-31)45(40)32-20-14-27(15-21-32)33-22-16-28-19-25-36-34(37-13-7-8-26-42-37)23-17-29-18-24-35(33)38(28)39(29)36/h1-26H. The molecule has 0 atom stereocenters. The molecule has 0 spiro atoms. The Morgan fingerprint density at radius 2 is 0.933 bits per heavy atom. The van der Waals surface area contributed by atoms with Crippen LogP contribution in [-0.2, 0) is 0 Å². The van der Waals surface area contributed by atoms with Gasteiger partial charge in [0.2, 0.25) is 0 Å². The Morgan fingerprint density at radius 1 is 0.400 bits per heavy atom. The lowest BCUT2D eigenvalue weighted by Crippen LogP contribution is -2.00. The van der Waals surface area contributed by atoms with Gasteiger partial charge in [-0.3, -0.25) is 9.55 Å². The molecule has 0 N–H and O–H groups in total. The Hall–Kier alpha value is -6.13. The van der Waals surface area contributed by atoms with Crippen molar-refractivity contribution in [3.05, 3.63) is 158 Å². The number of nitrogens with zero attached hydrogens (tertiary/aromatic N) is 4. The van der Waals surface area contributed by atoms with Crippen molar-refractivity contribution in [2.24, 2.45) is 0 Å². The molecule has 0 aliphatic carbocycles. The molecule has 0 saturated carbocycles. The quantitative estimate of drug-likeness (QED) is 0.192. The summed E-state index contributed by atoms with van der Waals surface area (Å²) in [7, 11) is 0. The van der Waals surface area contributed by atoms with E-state index in [4.69, 9.17) is 0 Å². The zero-order valence-corrected chi connectivity index (χ0v) is 24.3. The Bertz CT molecular complexity index is 2390. The van der Waals surface area contributed by atoms with Crippen LogP contribution in [0.15, 0.2) is 158 Å². The van der Waals surface area contributed by atoms with Crippen molar-refractivity contribution >= 4 is 32.3 Å². The summed E-state index contributed by atoms with van der Waals surface area (Å²) in [4.78, 5) is 4.67. The van der Waals surface area contributed by atoms with Crippen molar-refractivity contribution in [1.29, 1.82) is 0 Å². The fourth-order valence-corrected chi connectivity index (χ4v) is 6.67. The Morgan fingerprint density at radius 3 is 1.51 bits per heavy atom. The number of hydrogen-bond donors (Lipinski definition) is 0. The monoisotopic (exact) mass is 574 g/mol. The summed E-state index contributed by atoms with van der Waals surface area (Å²) < 4.78 is 2.15. The van der Waals surface area contributed by atoms with Crippen molar-refractivity contribution in [3.8, 4) is 50.8 Å². The molecule has 0 bridgehead atoms. The Labute approximate surface area is 260 Å². The molecule has 4 heteroatoms. The van der Waals surface area contributed by atoms with Crippen LogP contribution in [0.3, 0.4) is 0 Å². The molecule has 0 fully saturated rings. The highest BCUT2D eigenvalue weighted by Crippen LogP contribution is 2.42. The van der Waals surface area contributed by atoms with E-state index in [0.29, 0.717) is 0 Å². The third-order valence-electron chi connectivity index (χ3n) is 8.77. The lowest BCUT2D eigenvalue weighted by atomic mass is 9.88. The number of aromatic nitrogens is 4. The third kappa shape index (κ3) is 4.11. The maximum absolute atomic E-state index is 4.67. The normalized spacial score (nSPS) is 11.6. The van der Waals surface area contributed by atoms with Gasteiger partial charge in [-0.25, -0.2) is 0 Å². The van der Waals surface area contributed by atoms with Gasteiger partial charge in [-0.1, -0.05) is 127 Å². The van der Waals surface area contributed by atoms with Gasteiger partial charge in [0, 0.05) is 28.6 Å². The van der Waals surface area contributed by atoms with Crippen LogP contribution in [0, 0.1) is 0 Å². The first kappa shape index (κ1) is 25.4. The lowest BCUT2D eigenvalue weighted by Gasteiger charge is -2.17. The topological polar surface area (TPSA) is 43.6 Å². The molecular formula is C41H26N4. The summed E-state index contributed by atoms with van der Waals surface area (Å²) in [5.41, 5.74) is 7.58. The first-order valence-electron chi connectivity index (χ1n) is 15.1. The molecule has 210 valence electrons. The van der Waals surface area contributed by atoms with Crippen molar-refractivity contribution in [2.75, 3.05) is 0 Å². The highest BCUT2D eigenvalue weighted by atomic mass is 15.3. The second kappa shape index (κ2) is 10.2. The predicted molar refractivity (Wildman–Crippen MR) is 185 cm³/mol. The van der Waals surface area contributed by atoms with Crippen molar-refractivity contribution in [2.45, 2.75) is 0 Å². The maximum Gasteiger partial charge on any atom is 0.168 e. The number of hydrogen-bond acceptors (Lipinski definition) is 3. The molecule has 2 heterocycles. The average molecular weight is 575 g/mol. The molecule has 0 aliphatic rings. The highest BCUT2D eigenvalue weighted by molar-refractivity contribution is 6.27. The number of rotatable bonds is 5. The van der Waals surface area contributed by atoms with Crippen LogP contribution < -0.4 is 0 Å². The molecule has 0 amide bonds. The first-order chi connectivity index (χ1) is 22.3. The van der Waals surface area contributed by atoms with Crippen LogP contribution >= 0.6 is 0 Å². The summed E-state index contributed by atoms with van der Waals surface area (Å²) in [6, 6.07) is 53.3. The molecule has 2 aromatic heterocycles. The summed E-state index contributed by atoms with van der Waals surface area (Å²) >= 11 is 0. The molecule has 0 radical (unpaired) electrons. The molecule has 4 nitrogen and oxygen atoms in total. The predicted octanol–water partition coefficient (Wildman–Crippen LogP) is 10.2. The van der Waals surface area contributed by atoms with Gasteiger partial charge in [0.15, 0.2) is 11.6 Å². The third-order valence-corrected chi connectivity index (χ3v) is 8.77. The van der Waals surface area contributed by atoms with Crippen LogP contribution in [0.25, 0.3) is 83.2 Å². The largest absolute Gasteiger partial charge is 0.275 e. The van der Waals surface area contributed by atoms with Crippen LogP contribution in [0.1, 0.15) is 0 Å². The average Bonchev–Trinajstić information content (AvgIpc) is 3.57. The molecular weight excluding hydrogens is 548 g/mol. The Balaban J connectivity index is 1.20. The summed E-state index contributed by atoms with van der Waals surface area (Å²) in [5, 5.41) is 16.8. The van der Waals surface area contributed by atoms with E-state index in [9.17, 15) is 0 Å². The van der Waals surface area contributed by atoms with Gasteiger partial charge in [0.1, 0.15) is 0 Å². The van der Waals surface area contributed by atoms with Gasteiger partial charge in [0.25, 0.3) is 0 Å². The van der Waals surface area contributed by atoms with Gasteiger partial charge in [-0.2, -0.15) is 0 Å². The zero-order valence-electron chi connectivity index (χ0n) is 24.3. The van der Waals surface area contributed by atoms with Crippen molar-refractivity contribution in [3.63, 3.8) is 0 Å².